The molecule has 1 aliphatic heterocycles. The fraction of sp³-hybridized carbons (Fsp3) is 0.673. The Kier molecular flexibility index (Phi) is 31.4. The number of aliphatic hydroxyl groups excluding tert-OH is 1. The van der Waals surface area contributed by atoms with Gasteiger partial charge < -0.3 is 29.9 Å². The van der Waals surface area contributed by atoms with E-state index in [1.807, 2.05) is 0 Å². The van der Waals surface area contributed by atoms with Gasteiger partial charge in [-0.05, 0) is 83.1 Å². The first-order chi connectivity index (χ1) is 31.0. The van der Waals surface area contributed by atoms with E-state index in [-0.39, 0.29) is 30.8 Å². The molecule has 1 aromatic heterocycles. The number of ether oxygens (including phenoxy) is 3. The van der Waals surface area contributed by atoms with Gasteiger partial charge in [-0.15, -0.1) is 0 Å². The summed E-state index contributed by atoms with van der Waals surface area (Å²) < 4.78 is 41.0. The molecule has 14 nitrogen and oxygen atoms in total. The van der Waals surface area contributed by atoms with Crippen LogP contribution in [0.4, 0.5) is 5.82 Å². The topological polar surface area (TPSA) is 199 Å². The predicted molar refractivity (Wildman–Crippen MR) is 253 cm³/mol. The lowest BCUT2D eigenvalue weighted by Gasteiger charge is -2.21. The lowest BCUT2D eigenvalue weighted by atomic mass is 10.1. The smallest absolute Gasteiger partial charge is 0.462 e. The SMILES string of the molecule is C=C1[C@H](n2ccc(N)nc2=O)O[C@H](COP(=O)(O)OC[C@@H](COC(=O)CCCCCCC/C=C\C/C=C\CCCCC)OC(=O)CCCCCCC/C=C\C/C=C\CCCCC)[C@H]1O. The Hall–Kier alpha value is -3.65. The van der Waals surface area contributed by atoms with E-state index in [0.717, 1.165) is 94.5 Å². The number of aromatic nitrogens is 2. The van der Waals surface area contributed by atoms with Gasteiger partial charge >= 0.3 is 25.5 Å². The Labute approximate surface area is 383 Å². The van der Waals surface area contributed by atoms with Crippen LogP contribution in [-0.2, 0) is 37.4 Å². The van der Waals surface area contributed by atoms with E-state index in [0.29, 0.717) is 12.8 Å². The van der Waals surface area contributed by atoms with Crippen LogP contribution in [0.25, 0.3) is 0 Å². The van der Waals surface area contributed by atoms with Crippen molar-refractivity contribution in [1.82, 2.24) is 9.55 Å². The average molecular weight is 918 g/mol. The molecule has 2 heterocycles. The van der Waals surface area contributed by atoms with Crippen LogP contribution in [-0.4, -0.2) is 69.6 Å². The second-order valence-electron chi connectivity index (χ2n) is 16.4. The molecular weight excluding hydrogens is 838 g/mol. The average Bonchev–Trinajstić information content (AvgIpc) is 3.55. The van der Waals surface area contributed by atoms with Crippen molar-refractivity contribution in [2.75, 3.05) is 25.6 Å². The van der Waals surface area contributed by atoms with Gasteiger partial charge in [0.25, 0.3) is 0 Å². The standard InChI is InChI=1S/C49H80N3O11P/c1-4-6-8-10-12-14-16-18-20-22-24-26-28-30-32-34-45(53)59-38-42(62-46(54)35-33-31-29-27-25-23-21-19-17-15-13-11-9-7-5-2)39-60-64(57,58)61-40-43-47(55)41(3)48(63-43)52-37-36-44(50)51-49(52)56/h12-15,18-21,36-37,42-43,47-48,55H,3-11,16-17,22-35,38-40H2,1-2H3,(H,57,58)(H2,50,51,56)/b14-12-,15-13-,20-18-,21-19-/t42-,43-,47+,48-/m1/s1. The third kappa shape index (κ3) is 27.0. The van der Waals surface area contributed by atoms with Crippen LogP contribution in [0.3, 0.4) is 0 Å². The Bertz CT molecular complexity index is 1680. The molecule has 0 amide bonds. The van der Waals surface area contributed by atoms with Crippen molar-refractivity contribution in [3.63, 3.8) is 0 Å². The largest absolute Gasteiger partial charge is 0.472 e. The minimum absolute atomic E-state index is 0.000854. The summed E-state index contributed by atoms with van der Waals surface area (Å²) >= 11 is 0. The first-order valence-electron chi connectivity index (χ1n) is 23.9. The van der Waals surface area contributed by atoms with Crippen molar-refractivity contribution in [3.05, 3.63) is 83.5 Å². The van der Waals surface area contributed by atoms with E-state index in [1.165, 1.54) is 50.8 Å². The molecule has 1 unspecified atom stereocenters. The minimum Gasteiger partial charge on any atom is -0.462 e. The van der Waals surface area contributed by atoms with E-state index in [2.05, 4.69) is 74.0 Å². The highest BCUT2D eigenvalue weighted by atomic mass is 31.2. The number of nitrogens with zero attached hydrogens (tertiary/aromatic N) is 2. The number of hydrogen-bond donors (Lipinski definition) is 3. The zero-order valence-corrected chi connectivity index (χ0v) is 39.8. The number of aliphatic hydroxyl groups is 1. The summed E-state index contributed by atoms with van der Waals surface area (Å²) in [6.07, 6.45) is 37.7. The molecule has 0 radical (unpaired) electrons. The monoisotopic (exact) mass is 918 g/mol. The summed E-state index contributed by atoms with van der Waals surface area (Å²) in [5.74, 6) is -1.01. The Morgan fingerprint density at radius 3 is 1.81 bits per heavy atom. The molecule has 5 atom stereocenters. The summed E-state index contributed by atoms with van der Waals surface area (Å²) in [5, 5.41) is 10.7. The fourth-order valence-corrected chi connectivity index (χ4v) is 7.62. The molecule has 0 saturated carbocycles. The van der Waals surface area contributed by atoms with Gasteiger partial charge in [0.15, 0.2) is 12.3 Å². The van der Waals surface area contributed by atoms with Crippen LogP contribution in [0.1, 0.15) is 174 Å². The highest BCUT2D eigenvalue weighted by molar-refractivity contribution is 7.47. The van der Waals surface area contributed by atoms with Crippen LogP contribution in [0.15, 0.2) is 77.8 Å². The molecule has 1 saturated heterocycles. The quantitative estimate of drug-likeness (QED) is 0.0245. The predicted octanol–water partition coefficient (Wildman–Crippen LogP) is 10.9. The van der Waals surface area contributed by atoms with E-state index >= 15 is 0 Å². The van der Waals surface area contributed by atoms with E-state index in [1.54, 1.807) is 0 Å². The van der Waals surface area contributed by atoms with Crippen LogP contribution < -0.4 is 11.4 Å². The third-order valence-electron chi connectivity index (χ3n) is 10.7. The Morgan fingerprint density at radius 2 is 1.28 bits per heavy atom. The second-order valence-corrected chi connectivity index (χ2v) is 17.9. The highest BCUT2D eigenvalue weighted by Crippen LogP contribution is 2.45. The number of carbonyl (C=O) groups is 2. The van der Waals surface area contributed by atoms with Crippen molar-refractivity contribution in [2.45, 2.75) is 192 Å². The highest BCUT2D eigenvalue weighted by Gasteiger charge is 2.41. The van der Waals surface area contributed by atoms with Gasteiger partial charge in [0.1, 0.15) is 24.6 Å². The molecule has 0 aliphatic carbocycles. The molecule has 1 aromatic rings. The van der Waals surface area contributed by atoms with Crippen LogP contribution in [0.2, 0.25) is 0 Å². The van der Waals surface area contributed by atoms with Gasteiger partial charge in [-0.3, -0.25) is 23.2 Å². The molecule has 15 heteroatoms. The molecule has 1 fully saturated rings. The number of phosphoric ester groups is 1. The minimum atomic E-state index is -4.81. The van der Waals surface area contributed by atoms with Gasteiger partial charge in [-0.2, -0.15) is 4.98 Å². The van der Waals surface area contributed by atoms with Gasteiger partial charge in [-0.25, -0.2) is 9.36 Å². The molecule has 2 rings (SSSR count). The number of anilines is 1. The van der Waals surface area contributed by atoms with Gasteiger partial charge in [-0.1, -0.05) is 133 Å². The fourth-order valence-electron chi connectivity index (χ4n) is 6.85. The zero-order valence-electron chi connectivity index (χ0n) is 38.9. The summed E-state index contributed by atoms with van der Waals surface area (Å²) in [5.41, 5.74) is 4.93. The summed E-state index contributed by atoms with van der Waals surface area (Å²) in [4.78, 5) is 52.0. The number of rotatable bonds is 38. The number of allylic oxidation sites excluding steroid dienone is 8. The third-order valence-corrected chi connectivity index (χ3v) is 11.6. The van der Waals surface area contributed by atoms with Crippen molar-refractivity contribution < 1.29 is 47.4 Å². The van der Waals surface area contributed by atoms with E-state index in [9.17, 15) is 28.9 Å². The number of esters is 2. The Balaban J connectivity index is 1.78. The molecule has 0 aromatic carbocycles. The molecule has 64 heavy (non-hydrogen) atoms. The number of nitrogens with two attached hydrogens (primary N) is 1. The van der Waals surface area contributed by atoms with Crippen molar-refractivity contribution in [1.29, 1.82) is 0 Å². The number of carbonyl (C=O) groups excluding carboxylic acids is 2. The number of nitrogen functional groups attached to an aromatic ring is 1. The summed E-state index contributed by atoms with van der Waals surface area (Å²) in [7, 11) is -4.81. The van der Waals surface area contributed by atoms with Crippen LogP contribution >= 0.6 is 7.82 Å². The maximum atomic E-state index is 12.9. The summed E-state index contributed by atoms with van der Waals surface area (Å²) in [6.45, 7) is 6.62. The molecule has 362 valence electrons. The first kappa shape index (κ1) is 56.5. The second kappa shape index (κ2) is 35.6. The molecule has 1 aliphatic rings. The van der Waals surface area contributed by atoms with Crippen LogP contribution in [0, 0.1) is 0 Å². The van der Waals surface area contributed by atoms with E-state index in [4.69, 9.17) is 29.0 Å². The lowest BCUT2D eigenvalue weighted by molar-refractivity contribution is -0.161. The zero-order chi connectivity index (χ0) is 46.7. The maximum Gasteiger partial charge on any atom is 0.472 e. The molecule has 0 bridgehead atoms. The van der Waals surface area contributed by atoms with E-state index < -0.39 is 63.2 Å². The van der Waals surface area contributed by atoms with Gasteiger partial charge in [0.2, 0.25) is 0 Å². The van der Waals surface area contributed by atoms with Gasteiger partial charge in [0.05, 0.1) is 13.2 Å². The maximum absolute atomic E-state index is 12.9. The molecular formula is C49H80N3O11P. The van der Waals surface area contributed by atoms with Crippen molar-refractivity contribution in [2.24, 2.45) is 0 Å². The van der Waals surface area contributed by atoms with Crippen molar-refractivity contribution in [3.8, 4) is 0 Å². The number of unbranched alkanes of at least 4 members (excludes halogenated alkanes) is 16. The molecule has 4 N–H and O–H groups in total. The van der Waals surface area contributed by atoms with Crippen LogP contribution in [0.5, 0.6) is 0 Å². The van der Waals surface area contributed by atoms with Crippen molar-refractivity contribution >= 4 is 25.6 Å². The van der Waals surface area contributed by atoms with Gasteiger partial charge in [0, 0.05) is 24.6 Å². The normalized spacial score (nSPS) is 18.2. The number of hydrogen-bond acceptors (Lipinski definition) is 12. The molecule has 0 spiro atoms. The first-order valence-corrected chi connectivity index (χ1v) is 25.4. The lowest BCUT2D eigenvalue weighted by Crippen LogP contribution is -2.30. The summed E-state index contributed by atoms with van der Waals surface area (Å²) in [6, 6.07) is 1.37. The number of phosphoric acid groups is 1. The Morgan fingerprint density at radius 1 is 0.781 bits per heavy atom.